The van der Waals surface area contributed by atoms with E-state index in [0.29, 0.717) is 24.2 Å². The fourth-order valence-corrected chi connectivity index (χ4v) is 1.88. The summed E-state index contributed by atoms with van der Waals surface area (Å²) in [6.07, 6.45) is 4.50. The maximum atomic E-state index is 8.72. The number of nitrogens with zero attached hydrogens (tertiary/aromatic N) is 4. The third-order valence-corrected chi connectivity index (χ3v) is 3.13. The normalized spacial score (nSPS) is 10.7. The molecule has 0 saturated carbocycles. The van der Waals surface area contributed by atoms with Gasteiger partial charge in [-0.25, -0.2) is 0 Å². The Balaban J connectivity index is 1.70. The lowest BCUT2D eigenvalue weighted by molar-refractivity contribution is 0.851. The highest BCUT2D eigenvalue weighted by molar-refractivity contribution is 5.80. The summed E-state index contributed by atoms with van der Waals surface area (Å²) < 4.78 is 0. The van der Waals surface area contributed by atoms with E-state index in [4.69, 9.17) is 10.5 Å². The molecule has 23 heavy (non-hydrogen) atoms. The molecule has 0 radical (unpaired) electrons. The van der Waals surface area contributed by atoms with Crippen molar-refractivity contribution in [2.75, 3.05) is 13.1 Å². The van der Waals surface area contributed by atoms with Crippen LogP contribution in [0.3, 0.4) is 0 Å². The molecule has 0 saturated heterocycles. The van der Waals surface area contributed by atoms with Gasteiger partial charge in [-0.05, 0) is 41.8 Å². The zero-order valence-corrected chi connectivity index (χ0v) is 12.7. The van der Waals surface area contributed by atoms with Crippen molar-refractivity contribution in [2.24, 2.45) is 9.98 Å². The molecule has 2 rings (SSSR count). The average Bonchev–Trinajstić information content (AvgIpc) is 2.62. The van der Waals surface area contributed by atoms with Crippen LogP contribution in [0.1, 0.15) is 28.7 Å². The topological polar surface area (TPSA) is 72.3 Å². The Kier molecular flexibility index (Phi) is 6.26. The van der Waals surface area contributed by atoms with Gasteiger partial charge in [-0.1, -0.05) is 24.3 Å². The van der Waals surface area contributed by atoms with Crippen LogP contribution in [0, 0.1) is 22.7 Å². The molecule has 2 aromatic rings. The second kappa shape index (κ2) is 8.92. The van der Waals surface area contributed by atoms with E-state index in [0.717, 1.165) is 17.5 Å². The van der Waals surface area contributed by atoms with E-state index in [1.807, 2.05) is 36.7 Å². The average molecular weight is 300 g/mol. The van der Waals surface area contributed by atoms with Gasteiger partial charge in [-0.2, -0.15) is 10.5 Å². The molecule has 112 valence electrons. The molecule has 0 unspecified atom stereocenters. The smallest absolute Gasteiger partial charge is 0.0991 e. The lowest BCUT2D eigenvalue weighted by Crippen LogP contribution is -1.90. The highest BCUT2D eigenvalue weighted by Crippen LogP contribution is 2.02. The Morgan fingerprint density at radius 3 is 1.43 bits per heavy atom. The van der Waals surface area contributed by atoms with Gasteiger partial charge in [0.05, 0.1) is 23.3 Å². The molecule has 0 fully saturated rings. The quantitative estimate of drug-likeness (QED) is 0.606. The van der Waals surface area contributed by atoms with Crippen LogP contribution in [0.4, 0.5) is 0 Å². The second-order valence-electron chi connectivity index (χ2n) is 4.89. The number of hydrogen-bond donors (Lipinski definition) is 0. The van der Waals surface area contributed by atoms with Crippen molar-refractivity contribution in [3.8, 4) is 12.1 Å². The maximum absolute atomic E-state index is 8.72. The summed E-state index contributed by atoms with van der Waals surface area (Å²) in [4.78, 5) is 8.69. The molecule has 0 N–H and O–H groups in total. The van der Waals surface area contributed by atoms with Crippen LogP contribution in [0.5, 0.6) is 0 Å². The molecule has 0 spiro atoms. The van der Waals surface area contributed by atoms with Crippen molar-refractivity contribution in [1.29, 1.82) is 10.5 Å². The van der Waals surface area contributed by atoms with Crippen molar-refractivity contribution in [3.05, 3.63) is 70.8 Å². The highest BCUT2D eigenvalue weighted by atomic mass is 14.7. The predicted octanol–water partition coefficient (Wildman–Crippen LogP) is 3.36. The Bertz CT molecular complexity index is 690. The molecule has 4 heteroatoms. The van der Waals surface area contributed by atoms with Gasteiger partial charge in [0.25, 0.3) is 0 Å². The van der Waals surface area contributed by atoms with Crippen LogP contribution >= 0.6 is 0 Å². The van der Waals surface area contributed by atoms with E-state index >= 15 is 0 Å². The molecule has 4 nitrogen and oxygen atoms in total. The van der Waals surface area contributed by atoms with E-state index in [9.17, 15) is 0 Å². The van der Waals surface area contributed by atoms with Crippen molar-refractivity contribution in [2.45, 2.75) is 6.42 Å². The van der Waals surface area contributed by atoms with Crippen LogP contribution in [-0.2, 0) is 0 Å². The lowest BCUT2D eigenvalue weighted by Gasteiger charge is -1.95. The van der Waals surface area contributed by atoms with Gasteiger partial charge in [0.1, 0.15) is 0 Å². The molecule has 0 aliphatic carbocycles. The van der Waals surface area contributed by atoms with Crippen molar-refractivity contribution in [1.82, 2.24) is 0 Å². The van der Waals surface area contributed by atoms with Gasteiger partial charge >= 0.3 is 0 Å². The molecule has 0 bridgehead atoms. The molecule has 0 aliphatic heterocycles. The van der Waals surface area contributed by atoms with Gasteiger partial charge in [-0.15, -0.1) is 0 Å². The van der Waals surface area contributed by atoms with Gasteiger partial charge < -0.3 is 0 Å². The molecule has 0 aliphatic rings. The zero-order valence-electron chi connectivity index (χ0n) is 12.7. The van der Waals surface area contributed by atoms with Crippen LogP contribution in [0.2, 0.25) is 0 Å². The maximum Gasteiger partial charge on any atom is 0.0991 e. The predicted molar refractivity (Wildman–Crippen MR) is 91.9 cm³/mol. The minimum absolute atomic E-state index is 0.652. The summed E-state index contributed by atoms with van der Waals surface area (Å²) in [7, 11) is 0. The van der Waals surface area contributed by atoms with E-state index in [-0.39, 0.29) is 0 Å². The zero-order chi connectivity index (χ0) is 16.3. The third-order valence-electron chi connectivity index (χ3n) is 3.13. The second-order valence-corrected chi connectivity index (χ2v) is 4.89. The number of benzene rings is 2. The third kappa shape index (κ3) is 5.57. The fourth-order valence-electron chi connectivity index (χ4n) is 1.88. The van der Waals surface area contributed by atoms with Gasteiger partial charge in [-0.3, -0.25) is 9.98 Å². The number of rotatable bonds is 6. The van der Waals surface area contributed by atoms with E-state index in [1.54, 1.807) is 24.3 Å². The van der Waals surface area contributed by atoms with Crippen LogP contribution in [0.25, 0.3) is 0 Å². The standard InChI is InChI=1S/C19H16N4/c20-12-16-2-6-18(7-3-16)14-22-10-1-11-23-15-19-8-4-17(13-21)5-9-19/h2-9,14-15H,1,10-11H2. The highest BCUT2D eigenvalue weighted by Gasteiger charge is 1.91. The fraction of sp³-hybridized carbons (Fsp3) is 0.158. The minimum atomic E-state index is 0.652. The first-order valence-electron chi connectivity index (χ1n) is 7.32. The molecular weight excluding hydrogens is 284 g/mol. The van der Waals surface area contributed by atoms with Crippen LogP contribution in [0.15, 0.2) is 58.5 Å². The molecule has 0 atom stereocenters. The van der Waals surface area contributed by atoms with Crippen LogP contribution < -0.4 is 0 Å². The number of aliphatic imine (C=N–C) groups is 2. The molecule has 2 aromatic carbocycles. The molecule has 0 aromatic heterocycles. The van der Waals surface area contributed by atoms with E-state index < -0.39 is 0 Å². The van der Waals surface area contributed by atoms with Crippen molar-refractivity contribution >= 4 is 12.4 Å². The first kappa shape index (κ1) is 16.1. The Hall–Kier alpha value is -3.24. The van der Waals surface area contributed by atoms with E-state index in [2.05, 4.69) is 22.1 Å². The van der Waals surface area contributed by atoms with Gasteiger partial charge in [0.15, 0.2) is 0 Å². The number of nitriles is 2. The summed E-state index contributed by atoms with van der Waals surface area (Å²) in [6.45, 7) is 1.43. The van der Waals surface area contributed by atoms with Gasteiger partial charge in [0, 0.05) is 25.5 Å². The SMILES string of the molecule is N#Cc1ccc(C=NCCCN=Cc2ccc(C#N)cc2)cc1. The Morgan fingerprint density at radius 2 is 1.09 bits per heavy atom. The van der Waals surface area contributed by atoms with Gasteiger partial charge in [0.2, 0.25) is 0 Å². The monoisotopic (exact) mass is 300 g/mol. The summed E-state index contributed by atoms with van der Waals surface area (Å²) in [5, 5.41) is 17.4. The minimum Gasteiger partial charge on any atom is -0.292 e. The molecule has 0 amide bonds. The summed E-state index contributed by atoms with van der Waals surface area (Å²) in [5.74, 6) is 0. The Morgan fingerprint density at radius 1 is 0.696 bits per heavy atom. The first-order valence-corrected chi connectivity index (χ1v) is 7.32. The van der Waals surface area contributed by atoms with E-state index in [1.165, 1.54) is 0 Å². The first-order chi connectivity index (χ1) is 11.3. The van der Waals surface area contributed by atoms with Crippen molar-refractivity contribution in [3.63, 3.8) is 0 Å². The summed E-state index contributed by atoms with van der Waals surface area (Å²) in [6, 6.07) is 18.8. The summed E-state index contributed by atoms with van der Waals surface area (Å²) >= 11 is 0. The Labute approximate surface area is 136 Å². The molecular formula is C19H16N4. The molecule has 0 heterocycles. The largest absolute Gasteiger partial charge is 0.292 e. The van der Waals surface area contributed by atoms with Crippen molar-refractivity contribution < 1.29 is 0 Å². The van der Waals surface area contributed by atoms with Crippen LogP contribution in [-0.4, -0.2) is 25.5 Å². The summed E-state index contributed by atoms with van der Waals surface area (Å²) in [5.41, 5.74) is 3.29. The number of hydrogen-bond acceptors (Lipinski definition) is 4. The lowest BCUT2D eigenvalue weighted by atomic mass is 10.2.